The van der Waals surface area contributed by atoms with Crippen molar-refractivity contribution < 1.29 is 9.53 Å². The molecule has 0 saturated carbocycles. The van der Waals surface area contributed by atoms with E-state index in [0.717, 1.165) is 46.9 Å². The number of amides is 1. The summed E-state index contributed by atoms with van der Waals surface area (Å²) in [5, 5.41) is 3.86. The molecular weight excluding hydrogens is 426 g/mol. The van der Waals surface area contributed by atoms with Crippen LogP contribution in [0.5, 0.6) is 0 Å². The molecule has 7 heteroatoms. The molecule has 1 N–H and O–H groups in total. The number of aromatic nitrogens is 3. The molecule has 0 aliphatic carbocycles. The predicted octanol–water partition coefficient (Wildman–Crippen LogP) is 4.24. The van der Waals surface area contributed by atoms with Crippen molar-refractivity contribution in [1.82, 2.24) is 20.3 Å². The lowest BCUT2D eigenvalue weighted by Crippen LogP contribution is -2.45. The summed E-state index contributed by atoms with van der Waals surface area (Å²) in [6, 6.07) is 21.1. The first-order chi connectivity index (χ1) is 16.5. The van der Waals surface area contributed by atoms with E-state index in [0.29, 0.717) is 12.1 Å². The molecule has 1 aromatic carbocycles. The molecule has 4 heterocycles. The minimum Gasteiger partial charge on any atom is -0.372 e. The molecule has 0 bridgehead atoms. The summed E-state index contributed by atoms with van der Waals surface area (Å²) in [7, 11) is 0. The maximum atomic E-state index is 12.3. The van der Waals surface area contributed by atoms with Crippen LogP contribution in [0.15, 0.2) is 72.9 Å². The molecule has 5 rings (SSSR count). The third kappa shape index (κ3) is 4.89. The van der Waals surface area contributed by atoms with E-state index >= 15 is 0 Å². The van der Waals surface area contributed by atoms with Gasteiger partial charge in [-0.1, -0.05) is 24.3 Å². The Hall–Kier alpha value is -3.84. The van der Waals surface area contributed by atoms with Gasteiger partial charge in [0.1, 0.15) is 5.82 Å². The van der Waals surface area contributed by atoms with E-state index in [4.69, 9.17) is 14.7 Å². The van der Waals surface area contributed by atoms with Gasteiger partial charge in [-0.3, -0.25) is 9.78 Å². The molecule has 1 amide bonds. The number of rotatable bonds is 5. The van der Waals surface area contributed by atoms with Gasteiger partial charge in [-0.05, 0) is 56.3 Å². The van der Waals surface area contributed by atoms with E-state index in [1.54, 1.807) is 18.3 Å². The van der Waals surface area contributed by atoms with Crippen LogP contribution >= 0.6 is 0 Å². The molecule has 0 spiro atoms. The van der Waals surface area contributed by atoms with E-state index in [9.17, 15) is 4.79 Å². The van der Waals surface area contributed by atoms with Gasteiger partial charge in [0.15, 0.2) is 0 Å². The van der Waals surface area contributed by atoms with Crippen molar-refractivity contribution in [2.24, 2.45) is 0 Å². The first kappa shape index (κ1) is 22.0. The van der Waals surface area contributed by atoms with Gasteiger partial charge in [0, 0.05) is 30.2 Å². The molecule has 172 valence electrons. The van der Waals surface area contributed by atoms with Gasteiger partial charge in [0.05, 0.1) is 41.4 Å². The zero-order valence-corrected chi connectivity index (χ0v) is 19.3. The summed E-state index contributed by atoms with van der Waals surface area (Å²) in [4.78, 5) is 28.8. The second-order valence-corrected chi connectivity index (χ2v) is 8.66. The first-order valence-electron chi connectivity index (χ1n) is 11.5. The Labute approximate surface area is 198 Å². The van der Waals surface area contributed by atoms with E-state index in [1.165, 1.54) is 0 Å². The first-order valence-corrected chi connectivity index (χ1v) is 11.5. The van der Waals surface area contributed by atoms with Crippen molar-refractivity contribution in [3.8, 4) is 11.4 Å². The van der Waals surface area contributed by atoms with Gasteiger partial charge in [-0.25, -0.2) is 9.97 Å². The quantitative estimate of drug-likeness (QED) is 0.487. The topological polar surface area (TPSA) is 80.2 Å². The molecule has 1 aliphatic rings. The monoisotopic (exact) mass is 453 g/mol. The zero-order valence-electron chi connectivity index (χ0n) is 19.3. The number of carbonyl (C=O) groups excluding carboxylic acids is 1. The van der Waals surface area contributed by atoms with Gasteiger partial charge in [-0.15, -0.1) is 0 Å². The van der Waals surface area contributed by atoms with Crippen LogP contribution in [-0.2, 0) is 11.3 Å². The summed E-state index contributed by atoms with van der Waals surface area (Å²) in [6.07, 6.45) is 2.12. The average Bonchev–Trinajstić information content (AvgIpc) is 2.87. The Morgan fingerprint density at radius 3 is 2.53 bits per heavy atom. The zero-order chi connectivity index (χ0) is 23.5. The fourth-order valence-electron chi connectivity index (χ4n) is 4.27. The van der Waals surface area contributed by atoms with E-state index in [1.807, 2.05) is 54.6 Å². The van der Waals surface area contributed by atoms with Gasteiger partial charge < -0.3 is 15.0 Å². The summed E-state index contributed by atoms with van der Waals surface area (Å²) in [6.45, 7) is 6.14. The van der Waals surface area contributed by atoms with Gasteiger partial charge in [0.25, 0.3) is 5.91 Å². The molecule has 3 aromatic heterocycles. The molecule has 7 nitrogen and oxygen atoms in total. The number of pyridine rings is 3. The predicted molar refractivity (Wildman–Crippen MR) is 133 cm³/mol. The lowest BCUT2D eigenvalue weighted by atomic mass is 10.1. The van der Waals surface area contributed by atoms with Crippen LogP contribution in [0.4, 0.5) is 5.82 Å². The third-order valence-electron chi connectivity index (χ3n) is 5.84. The fraction of sp³-hybridized carbons (Fsp3) is 0.259. The molecule has 0 radical (unpaired) electrons. The number of hydrogen-bond acceptors (Lipinski definition) is 6. The molecule has 0 unspecified atom stereocenters. The normalized spacial score (nSPS) is 18.1. The van der Waals surface area contributed by atoms with Crippen molar-refractivity contribution in [1.29, 1.82) is 0 Å². The highest BCUT2D eigenvalue weighted by molar-refractivity contribution is 5.94. The van der Waals surface area contributed by atoms with Gasteiger partial charge in [-0.2, -0.15) is 0 Å². The molecule has 2 atom stereocenters. The minimum atomic E-state index is -0.128. The summed E-state index contributed by atoms with van der Waals surface area (Å²) in [5.74, 6) is 0.803. The molecule has 1 aliphatic heterocycles. The Bertz CT molecular complexity index is 1300. The number of anilines is 1. The smallest absolute Gasteiger partial charge is 0.251 e. The number of benzene rings is 1. The van der Waals surface area contributed by atoms with Crippen molar-refractivity contribution in [2.45, 2.75) is 32.6 Å². The summed E-state index contributed by atoms with van der Waals surface area (Å²) in [5.41, 5.74) is 3.81. The lowest BCUT2D eigenvalue weighted by molar-refractivity contribution is -0.00545. The lowest BCUT2D eigenvalue weighted by Gasteiger charge is -2.36. The number of hydrogen-bond donors (Lipinski definition) is 1. The molecule has 4 aromatic rings. The van der Waals surface area contributed by atoms with E-state index in [-0.39, 0.29) is 18.1 Å². The second kappa shape index (κ2) is 9.57. The van der Waals surface area contributed by atoms with Crippen molar-refractivity contribution in [2.75, 3.05) is 18.0 Å². The highest BCUT2D eigenvalue weighted by Gasteiger charge is 2.23. The number of morpholine rings is 1. The molecule has 34 heavy (non-hydrogen) atoms. The Kier molecular flexibility index (Phi) is 6.18. The van der Waals surface area contributed by atoms with Crippen LogP contribution in [0.1, 0.15) is 29.9 Å². The average molecular weight is 454 g/mol. The maximum absolute atomic E-state index is 12.3. The number of nitrogens with one attached hydrogen (secondary N) is 1. The molecule has 1 saturated heterocycles. The van der Waals surface area contributed by atoms with Crippen LogP contribution in [0.25, 0.3) is 22.3 Å². The van der Waals surface area contributed by atoms with Crippen LogP contribution < -0.4 is 10.2 Å². The fourth-order valence-corrected chi connectivity index (χ4v) is 4.27. The van der Waals surface area contributed by atoms with E-state index in [2.05, 4.69) is 29.0 Å². The summed E-state index contributed by atoms with van der Waals surface area (Å²) < 4.78 is 5.86. The Morgan fingerprint density at radius 1 is 0.971 bits per heavy atom. The van der Waals surface area contributed by atoms with Crippen molar-refractivity contribution >= 4 is 22.6 Å². The van der Waals surface area contributed by atoms with E-state index < -0.39 is 0 Å². The Balaban J connectivity index is 1.36. The highest BCUT2D eigenvalue weighted by atomic mass is 16.5. The standard InChI is InChI=1S/C27H27N5O2/c1-18-16-32(17-19(2)34-18)26-10-6-9-23(31-26)24-12-11-21-14-28-22(13-25(21)30-24)15-29-27(33)20-7-4-3-5-8-20/h3-14,18-19H,15-17H2,1-2H3,(H,29,33)/t18-,19+. The largest absolute Gasteiger partial charge is 0.372 e. The number of carbonyl (C=O) groups is 1. The Morgan fingerprint density at radius 2 is 1.74 bits per heavy atom. The van der Waals surface area contributed by atoms with Crippen LogP contribution in [0.3, 0.4) is 0 Å². The number of nitrogens with zero attached hydrogens (tertiary/aromatic N) is 4. The molecule has 1 fully saturated rings. The van der Waals surface area contributed by atoms with Crippen LogP contribution in [0, 0.1) is 0 Å². The second-order valence-electron chi connectivity index (χ2n) is 8.66. The van der Waals surface area contributed by atoms with Crippen molar-refractivity contribution in [3.05, 3.63) is 84.2 Å². The summed E-state index contributed by atoms with van der Waals surface area (Å²) >= 11 is 0. The van der Waals surface area contributed by atoms with Gasteiger partial charge in [0.2, 0.25) is 0 Å². The minimum absolute atomic E-state index is 0.128. The molecular formula is C27H27N5O2. The number of fused-ring (bicyclic) bond motifs is 1. The van der Waals surface area contributed by atoms with Gasteiger partial charge >= 0.3 is 0 Å². The third-order valence-corrected chi connectivity index (χ3v) is 5.84. The SMILES string of the molecule is C[C@@H]1CN(c2cccc(-c3ccc4cnc(CNC(=O)c5ccccc5)cc4n3)n2)C[C@H](C)O1. The maximum Gasteiger partial charge on any atom is 0.251 e. The highest BCUT2D eigenvalue weighted by Crippen LogP contribution is 2.24. The van der Waals surface area contributed by atoms with Crippen LogP contribution in [0.2, 0.25) is 0 Å². The number of ether oxygens (including phenoxy) is 1. The van der Waals surface area contributed by atoms with Crippen molar-refractivity contribution in [3.63, 3.8) is 0 Å². The van der Waals surface area contributed by atoms with Crippen LogP contribution in [-0.4, -0.2) is 46.2 Å².